The van der Waals surface area contributed by atoms with E-state index in [2.05, 4.69) is 30.0 Å². The third-order valence-electron chi connectivity index (χ3n) is 3.59. The van der Waals surface area contributed by atoms with Crippen LogP contribution in [-0.2, 0) is 16.0 Å². The molecule has 0 amide bonds. The SMILES string of the molecule is CCCCN1c2ccccc2CCC1C(=O)OC. The van der Waals surface area contributed by atoms with Crippen LogP contribution in [0.4, 0.5) is 5.69 Å². The molecule has 3 nitrogen and oxygen atoms in total. The number of aryl methyl sites for hydroxylation is 1. The Morgan fingerprint density at radius 1 is 1.44 bits per heavy atom. The Labute approximate surface area is 109 Å². The summed E-state index contributed by atoms with van der Waals surface area (Å²) >= 11 is 0. The van der Waals surface area contributed by atoms with E-state index in [0.29, 0.717) is 0 Å². The normalized spacial score (nSPS) is 18.3. The number of benzene rings is 1. The molecule has 0 saturated carbocycles. The number of fused-ring (bicyclic) bond motifs is 1. The highest BCUT2D eigenvalue weighted by atomic mass is 16.5. The summed E-state index contributed by atoms with van der Waals surface area (Å²) in [4.78, 5) is 14.1. The van der Waals surface area contributed by atoms with E-state index in [9.17, 15) is 4.79 Å². The van der Waals surface area contributed by atoms with E-state index >= 15 is 0 Å². The van der Waals surface area contributed by atoms with Crippen molar-refractivity contribution >= 4 is 11.7 Å². The van der Waals surface area contributed by atoms with Crippen molar-refractivity contribution in [3.8, 4) is 0 Å². The van der Waals surface area contributed by atoms with Crippen LogP contribution in [0, 0.1) is 0 Å². The average molecular weight is 247 g/mol. The second-order valence-electron chi connectivity index (χ2n) is 4.75. The molecular formula is C15H21NO2. The van der Waals surface area contributed by atoms with Gasteiger partial charge in [-0.3, -0.25) is 0 Å². The van der Waals surface area contributed by atoms with Gasteiger partial charge in [0.1, 0.15) is 6.04 Å². The van der Waals surface area contributed by atoms with Crippen molar-refractivity contribution in [3.05, 3.63) is 29.8 Å². The molecular weight excluding hydrogens is 226 g/mol. The standard InChI is InChI=1S/C15H21NO2/c1-3-4-11-16-13-8-6-5-7-12(13)9-10-14(16)15(17)18-2/h5-8,14H,3-4,9-11H2,1-2H3. The number of carbonyl (C=O) groups excluding carboxylic acids is 1. The van der Waals surface area contributed by atoms with Gasteiger partial charge in [-0.15, -0.1) is 0 Å². The van der Waals surface area contributed by atoms with Crippen molar-refractivity contribution in [2.45, 2.75) is 38.6 Å². The Morgan fingerprint density at radius 2 is 2.22 bits per heavy atom. The second kappa shape index (κ2) is 5.89. The number of methoxy groups -OCH3 is 1. The van der Waals surface area contributed by atoms with Gasteiger partial charge in [0.2, 0.25) is 0 Å². The zero-order chi connectivity index (χ0) is 13.0. The van der Waals surface area contributed by atoms with Gasteiger partial charge in [0.25, 0.3) is 0 Å². The highest BCUT2D eigenvalue weighted by Gasteiger charge is 2.31. The van der Waals surface area contributed by atoms with Crippen molar-refractivity contribution in [2.24, 2.45) is 0 Å². The zero-order valence-corrected chi connectivity index (χ0v) is 11.2. The third kappa shape index (κ3) is 2.50. The fourth-order valence-corrected chi connectivity index (χ4v) is 2.60. The number of rotatable bonds is 4. The minimum absolute atomic E-state index is 0.111. The number of hydrogen-bond acceptors (Lipinski definition) is 3. The Hall–Kier alpha value is -1.51. The van der Waals surface area contributed by atoms with Crippen LogP contribution in [-0.4, -0.2) is 25.7 Å². The summed E-state index contributed by atoms with van der Waals surface area (Å²) in [5.74, 6) is -0.111. The van der Waals surface area contributed by atoms with Crippen molar-refractivity contribution in [1.29, 1.82) is 0 Å². The molecule has 1 aromatic carbocycles. The highest BCUT2D eigenvalue weighted by molar-refractivity contribution is 5.81. The van der Waals surface area contributed by atoms with E-state index in [4.69, 9.17) is 4.74 Å². The molecule has 18 heavy (non-hydrogen) atoms. The van der Waals surface area contributed by atoms with Crippen LogP contribution in [0.15, 0.2) is 24.3 Å². The monoisotopic (exact) mass is 247 g/mol. The van der Waals surface area contributed by atoms with Gasteiger partial charge in [0.15, 0.2) is 0 Å². The summed E-state index contributed by atoms with van der Waals surface area (Å²) in [5, 5.41) is 0. The quantitative estimate of drug-likeness (QED) is 0.766. The molecule has 0 spiro atoms. The van der Waals surface area contributed by atoms with E-state index in [0.717, 1.165) is 32.2 Å². The molecule has 3 heteroatoms. The Morgan fingerprint density at radius 3 is 2.94 bits per heavy atom. The lowest BCUT2D eigenvalue weighted by molar-refractivity contribution is -0.142. The number of hydrogen-bond donors (Lipinski definition) is 0. The number of anilines is 1. The van der Waals surface area contributed by atoms with Gasteiger partial charge in [-0.25, -0.2) is 4.79 Å². The first-order valence-corrected chi connectivity index (χ1v) is 6.70. The van der Waals surface area contributed by atoms with E-state index in [-0.39, 0.29) is 12.0 Å². The van der Waals surface area contributed by atoms with Gasteiger partial charge in [-0.05, 0) is 30.9 Å². The van der Waals surface area contributed by atoms with Gasteiger partial charge >= 0.3 is 5.97 Å². The maximum atomic E-state index is 11.9. The minimum atomic E-state index is -0.114. The second-order valence-corrected chi connectivity index (χ2v) is 4.75. The van der Waals surface area contributed by atoms with E-state index in [1.54, 1.807) is 0 Å². The Bertz CT molecular complexity index is 417. The number of para-hydroxylation sites is 1. The van der Waals surface area contributed by atoms with Crippen molar-refractivity contribution in [1.82, 2.24) is 0 Å². The molecule has 2 rings (SSSR count). The van der Waals surface area contributed by atoms with Crippen LogP contribution in [0.3, 0.4) is 0 Å². The molecule has 1 aliphatic heterocycles. The van der Waals surface area contributed by atoms with Gasteiger partial charge in [-0.1, -0.05) is 31.5 Å². The van der Waals surface area contributed by atoms with Crippen LogP contribution in [0.5, 0.6) is 0 Å². The van der Waals surface area contributed by atoms with Gasteiger partial charge in [0, 0.05) is 12.2 Å². The lowest BCUT2D eigenvalue weighted by Gasteiger charge is -2.37. The molecule has 0 fully saturated rings. The predicted octanol–water partition coefficient (Wildman–Crippen LogP) is 2.78. The first kappa shape index (κ1) is 12.9. The minimum Gasteiger partial charge on any atom is -0.467 e. The molecule has 0 saturated heterocycles. The third-order valence-corrected chi connectivity index (χ3v) is 3.59. The first-order valence-electron chi connectivity index (χ1n) is 6.70. The van der Waals surface area contributed by atoms with E-state index in [1.165, 1.54) is 18.4 Å². The smallest absolute Gasteiger partial charge is 0.328 e. The summed E-state index contributed by atoms with van der Waals surface area (Å²) in [6, 6.07) is 8.26. The molecule has 1 atom stereocenters. The van der Waals surface area contributed by atoms with Crippen LogP contribution in [0.2, 0.25) is 0 Å². The predicted molar refractivity (Wildman–Crippen MR) is 72.8 cm³/mol. The number of carbonyl (C=O) groups is 1. The van der Waals surface area contributed by atoms with Crippen molar-refractivity contribution in [3.63, 3.8) is 0 Å². The van der Waals surface area contributed by atoms with E-state index < -0.39 is 0 Å². The summed E-state index contributed by atoms with van der Waals surface area (Å²) < 4.78 is 4.93. The largest absolute Gasteiger partial charge is 0.467 e. The Kier molecular flexibility index (Phi) is 4.24. The van der Waals surface area contributed by atoms with Crippen LogP contribution in [0.1, 0.15) is 31.7 Å². The Balaban J connectivity index is 2.27. The molecule has 1 aromatic rings. The molecule has 0 aliphatic carbocycles. The fourth-order valence-electron chi connectivity index (χ4n) is 2.60. The first-order chi connectivity index (χ1) is 8.77. The topological polar surface area (TPSA) is 29.5 Å². The molecule has 1 heterocycles. The van der Waals surface area contributed by atoms with Crippen molar-refractivity contribution in [2.75, 3.05) is 18.6 Å². The number of unbranched alkanes of at least 4 members (excludes halogenated alkanes) is 1. The zero-order valence-electron chi connectivity index (χ0n) is 11.2. The molecule has 0 radical (unpaired) electrons. The van der Waals surface area contributed by atoms with Gasteiger partial charge < -0.3 is 9.64 Å². The summed E-state index contributed by atoms with van der Waals surface area (Å²) in [7, 11) is 1.47. The molecule has 1 aliphatic rings. The number of nitrogens with zero attached hydrogens (tertiary/aromatic N) is 1. The summed E-state index contributed by atoms with van der Waals surface area (Å²) in [6.07, 6.45) is 4.04. The molecule has 98 valence electrons. The van der Waals surface area contributed by atoms with Crippen LogP contribution >= 0.6 is 0 Å². The van der Waals surface area contributed by atoms with Crippen molar-refractivity contribution < 1.29 is 9.53 Å². The molecule has 0 N–H and O–H groups in total. The van der Waals surface area contributed by atoms with Crippen LogP contribution < -0.4 is 4.90 Å². The highest BCUT2D eigenvalue weighted by Crippen LogP contribution is 2.31. The summed E-state index contributed by atoms with van der Waals surface area (Å²) in [5.41, 5.74) is 2.54. The summed E-state index contributed by atoms with van der Waals surface area (Å²) in [6.45, 7) is 3.09. The maximum absolute atomic E-state index is 11.9. The van der Waals surface area contributed by atoms with Gasteiger partial charge in [0.05, 0.1) is 7.11 Å². The lowest BCUT2D eigenvalue weighted by atomic mass is 9.95. The lowest BCUT2D eigenvalue weighted by Crippen LogP contribution is -2.45. The van der Waals surface area contributed by atoms with Gasteiger partial charge in [-0.2, -0.15) is 0 Å². The van der Waals surface area contributed by atoms with Crippen LogP contribution in [0.25, 0.3) is 0 Å². The number of ether oxygens (including phenoxy) is 1. The van der Waals surface area contributed by atoms with E-state index in [1.807, 2.05) is 6.07 Å². The fraction of sp³-hybridized carbons (Fsp3) is 0.533. The maximum Gasteiger partial charge on any atom is 0.328 e. The molecule has 0 bridgehead atoms. The molecule has 1 unspecified atom stereocenters. The molecule has 0 aromatic heterocycles. The average Bonchev–Trinajstić information content (AvgIpc) is 2.43. The number of esters is 1.